The smallest absolute Gasteiger partial charge is 0.311 e. The van der Waals surface area contributed by atoms with Crippen molar-refractivity contribution in [2.45, 2.75) is 85.2 Å². The highest BCUT2D eigenvalue weighted by molar-refractivity contribution is 5.75. The normalized spacial score (nSPS) is 31.0. The third-order valence-electron chi connectivity index (χ3n) is 5.61. The van der Waals surface area contributed by atoms with Crippen molar-refractivity contribution in [2.24, 2.45) is 17.3 Å². The van der Waals surface area contributed by atoms with Crippen LogP contribution in [0, 0.1) is 17.3 Å². The molecule has 0 N–H and O–H groups in total. The summed E-state index contributed by atoms with van der Waals surface area (Å²) < 4.78 is 10.1. The van der Waals surface area contributed by atoms with Crippen LogP contribution >= 0.6 is 0 Å². The van der Waals surface area contributed by atoms with Gasteiger partial charge in [-0.2, -0.15) is 0 Å². The van der Waals surface area contributed by atoms with Crippen LogP contribution in [-0.2, 0) is 19.1 Å². The minimum absolute atomic E-state index is 0.0278. The molecule has 3 atom stereocenters. The van der Waals surface area contributed by atoms with Gasteiger partial charge in [0.05, 0.1) is 12.5 Å². The predicted molar refractivity (Wildman–Crippen MR) is 90.9 cm³/mol. The molecular formula is C19H34O4. The fourth-order valence-electron chi connectivity index (χ4n) is 3.89. The van der Waals surface area contributed by atoms with Crippen LogP contribution in [0.3, 0.4) is 0 Å². The van der Waals surface area contributed by atoms with Gasteiger partial charge in [-0.25, -0.2) is 0 Å². The van der Waals surface area contributed by atoms with Crippen LogP contribution in [0.2, 0.25) is 0 Å². The second kappa shape index (κ2) is 8.16. The molecule has 2 aliphatic carbocycles. The van der Waals surface area contributed by atoms with Crippen LogP contribution in [0.4, 0.5) is 0 Å². The number of carbonyl (C=O) groups is 2. The number of ether oxygens (including phenoxy) is 2. The van der Waals surface area contributed by atoms with Crippen molar-refractivity contribution in [3.63, 3.8) is 0 Å². The van der Waals surface area contributed by atoms with Crippen molar-refractivity contribution in [2.75, 3.05) is 7.11 Å². The lowest BCUT2D eigenvalue weighted by atomic mass is 9.82. The number of hydrogen-bond acceptors (Lipinski definition) is 4. The Morgan fingerprint density at radius 3 is 2.30 bits per heavy atom. The maximum atomic E-state index is 11.1. The first kappa shape index (κ1) is 20.0. The summed E-state index contributed by atoms with van der Waals surface area (Å²) in [7, 11) is 1.42. The summed E-state index contributed by atoms with van der Waals surface area (Å²) in [5.74, 6) is 1.50. The van der Waals surface area contributed by atoms with Crippen molar-refractivity contribution in [3.8, 4) is 0 Å². The maximum absolute atomic E-state index is 11.1. The molecule has 1 aliphatic heterocycles. The highest BCUT2D eigenvalue weighted by atomic mass is 16.6. The van der Waals surface area contributed by atoms with E-state index in [1.165, 1.54) is 32.8 Å². The largest absolute Gasteiger partial charge is 0.469 e. The Balaban J connectivity index is 0.000000218. The zero-order valence-corrected chi connectivity index (χ0v) is 15.7. The molecule has 2 saturated carbocycles. The van der Waals surface area contributed by atoms with E-state index in [4.69, 9.17) is 4.74 Å². The molecule has 3 aliphatic rings. The summed E-state index contributed by atoms with van der Waals surface area (Å²) in [6.45, 7) is 9.72. The quantitative estimate of drug-likeness (QED) is 0.701. The van der Waals surface area contributed by atoms with E-state index in [2.05, 4.69) is 4.74 Å². The van der Waals surface area contributed by atoms with E-state index in [-0.39, 0.29) is 23.0 Å². The molecule has 1 saturated heterocycles. The van der Waals surface area contributed by atoms with E-state index in [9.17, 15) is 9.59 Å². The van der Waals surface area contributed by atoms with Gasteiger partial charge in [0.25, 0.3) is 0 Å². The maximum Gasteiger partial charge on any atom is 0.311 e. The Morgan fingerprint density at radius 2 is 2.00 bits per heavy atom. The monoisotopic (exact) mass is 326 g/mol. The molecule has 1 heterocycles. The summed E-state index contributed by atoms with van der Waals surface area (Å²) in [4.78, 5) is 21.9. The van der Waals surface area contributed by atoms with Crippen molar-refractivity contribution < 1.29 is 19.1 Å². The molecule has 0 radical (unpaired) electrons. The minimum atomic E-state index is -0.311. The first-order valence-electron chi connectivity index (χ1n) is 9.13. The molecule has 134 valence electrons. The van der Waals surface area contributed by atoms with Gasteiger partial charge in [0.15, 0.2) is 0 Å². The Morgan fingerprint density at radius 1 is 1.35 bits per heavy atom. The molecule has 3 rings (SSSR count). The predicted octanol–water partition coefficient (Wildman–Crippen LogP) is 4.50. The number of rotatable bonds is 2. The molecule has 3 fully saturated rings. The standard InChI is InChI=1S/C10H14O2.C7H14O2.C2H6/c11-9-3-4-10(12-9)6-7-1-2-8(10)5-7;1-5-7(2,3)6(8)9-4;1-2/h7-8H,1-6H2;5H2,1-4H3;1-2H3. The SMILES string of the molecule is CC.CCC(C)(C)C(=O)OC.O=C1CCC2(CC3CCC2C3)O1. The molecule has 0 aromatic carbocycles. The summed E-state index contributed by atoms with van der Waals surface area (Å²) in [6, 6.07) is 0. The Hall–Kier alpha value is -1.06. The van der Waals surface area contributed by atoms with Gasteiger partial charge >= 0.3 is 11.9 Å². The summed E-state index contributed by atoms with van der Waals surface area (Å²) >= 11 is 0. The number of carbonyl (C=O) groups excluding carboxylic acids is 2. The fourth-order valence-corrected chi connectivity index (χ4v) is 3.89. The summed E-state index contributed by atoms with van der Waals surface area (Å²) in [6.07, 6.45) is 7.68. The molecule has 23 heavy (non-hydrogen) atoms. The molecule has 0 aromatic rings. The number of fused-ring (bicyclic) bond motifs is 3. The third kappa shape index (κ3) is 4.48. The van der Waals surface area contributed by atoms with Gasteiger partial charge in [0.1, 0.15) is 5.60 Å². The lowest BCUT2D eigenvalue weighted by Gasteiger charge is -2.31. The molecule has 0 aromatic heterocycles. The molecular weight excluding hydrogens is 292 g/mol. The molecule has 0 amide bonds. The Labute approximate surface area is 141 Å². The van der Waals surface area contributed by atoms with Gasteiger partial charge in [-0.05, 0) is 64.2 Å². The second-order valence-corrected chi connectivity index (χ2v) is 7.35. The van der Waals surface area contributed by atoms with Crippen molar-refractivity contribution in [1.29, 1.82) is 0 Å². The van der Waals surface area contributed by atoms with Gasteiger partial charge in [-0.15, -0.1) is 0 Å². The average molecular weight is 326 g/mol. The van der Waals surface area contributed by atoms with Crippen LogP contribution in [0.25, 0.3) is 0 Å². The zero-order valence-electron chi connectivity index (χ0n) is 15.7. The van der Waals surface area contributed by atoms with Crippen LogP contribution in [0.15, 0.2) is 0 Å². The number of esters is 2. The Kier molecular flexibility index (Phi) is 7.09. The highest BCUT2D eigenvalue weighted by Crippen LogP contribution is 2.56. The second-order valence-electron chi connectivity index (χ2n) is 7.35. The van der Waals surface area contributed by atoms with Crippen LogP contribution in [0.1, 0.15) is 79.6 Å². The highest BCUT2D eigenvalue weighted by Gasteiger charge is 2.55. The van der Waals surface area contributed by atoms with Crippen LogP contribution in [0.5, 0.6) is 0 Å². The molecule has 2 bridgehead atoms. The van der Waals surface area contributed by atoms with E-state index >= 15 is 0 Å². The van der Waals surface area contributed by atoms with E-state index < -0.39 is 0 Å². The molecule has 3 unspecified atom stereocenters. The topological polar surface area (TPSA) is 52.6 Å². The van der Waals surface area contributed by atoms with Crippen LogP contribution < -0.4 is 0 Å². The number of hydrogen-bond donors (Lipinski definition) is 0. The van der Waals surface area contributed by atoms with Crippen molar-refractivity contribution in [1.82, 2.24) is 0 Å². The van der Waals surface area contributed by atoms with E-state index in [0.717, 1.165) is 18.8 Å². The molecule has 4 heteroatoms. The van der Waals surface area contributed by atoms with Crippen molar-refractivity contribution in [3.05, 3.63) is 0 Å². The van der Waals surface area contributed by atoms with Gasteiger partial charge in [0, 0.05) is 6.42 Å². The van der Waals surface area contributed by atoms with E-state index in [1.54, 1.807) is 0 Å². The first-order chi connectivity index (χ1) is 10.8. The van der Waals surface area contributed by atoms with Crippen molar-refractivity contribution >= 4 is 11.9 Å². The fraction of sp³-hybridized carbons (Fsp3) is 0.895. The summed E-state index contributed by atoms with van der Waals surface area (Å²) in [5, 5.41) is 0. The van der Waals surface area contributed by atoms with Crippen LogP contribution in [-0.4, -0.2) is 24.6 Å². The van der Waals surface area contributed by atoms with Gasteiger partial charge in [-0.1, -0.05) is 20.8 Å². The average Bonchev–Trinajstić information content (AvgIpc) is 3.25. The lowest BCUT2D eigenvalue weighted by molar-refractivity contribution is -0.152. The van der Waals surface area contributed by atoms with E-state index in [0.29, 0.717) is 12.3 Å². The zero-order chi connectivity index (χ0) is 17.7. The van der Waals surface area contributed by atoms with Gasteiger partial charge in [-0.3, -0.25) is 9.59 Å². The number of methoxy groups -OCH3 is 1. The van der Waals surface area contributed by atoms with Gasteiger partial charge < -0.3 is 9.47 Å². The summed E-state index contributed by atoms with van der Waals surface area (Å²) in [5.41, 5.74) is -0.283. The molecule has 4 nitrogen and oxygen atoms in total. The lowest BCUT2D eigenvalue weighted by Crippen LogP contribution is -2.34. The van der Waals surface area contributed by atoms with E-state index in [1.807, 2.05) is 34.6 Å². The Bertz CT molecular complexity index is 416. The minimum Gasteiger partial charge on any atom is -0.469 e. The third-order valence-corrected chi connectivity index (χ3v) is 5.61. The molecule has 1 spiro atoms. The first-order valence-corrected chi connectivity index (χ1v) is 9.13. The van der Waals surface area contributed by atoms with Gasteiger partial charge in [0.2, 0.25) is 0 Å².